The van der Waals surface area contributed by atoms with Gasteiger partial charge >= 0.3 is 0 Å². The SMILES string of the molecule is c1cc(-c2ccc3oc4cc5ccccc5cc4c3c2)cc(-c2c3ccccc3c(-c3cccc(-c4cccc5ccccc45)c3)c3ccccc23)c1.c1ccc(-c2c3ccccc3c(-c3ccc4oc5c6ccccc6ccc5c4c3)c3ccccc23)cc1.c1ccc(-c2c3ccccc3c(-c3cccc(-c4ccc5oc6c7ccccc7ccc6c5c4)c3)c3ccccc23)cc1. The minimum absolute atomic E-state index is 0.910. The van der Waals surface area contributed by atoms with E-state index in [9.17, 15) is 0 Å². The Hall–Kier alpha value is -17.5. The van der Waals surface area contributed by atoms with Crippen LogP contribution in [0.5, 0.6) is 0 Å². The number of hydrogen-bond acceptors (Lipinski definition) is 3. The van der Waals surface area contributed by atoms with Crippen LogP contribution in [0.4, 0.5) is 0 Å². The van der Waals surface area contributed by atoms with Crippen molar-refractivity contribution in [2.75, 3.05) is 0 Å². The van der Waals surface area contributed by atoms with Gasteiger partial charge < -0.3 is 13.3 Å². The number of fused-ring (bicyclic) bond motifs is 21. The van der Waals surface area contributed by atoms with Gasteiger partial charge in [-0.05, 0) is 276 Å². The zero-order chi connectivity index (χ0) is 87.6. The van der Waals surface area contributed by atoms with Gasteiger partial charge in [0.2, 0.25) is 0 Å². The predicted octanol–water partition coefficient (Wildman–Crippen LogP) is 37.3. The maximum atomic E-state index is 6.41. The molecule has 28 rings (SSSR count). The summed E-state index contributed by atoms with van der Waals surface area (Å²) in [6, 6.07) is 175. The van der Waals surface area contributed by atoms with E-state index in [1.54, 1.807) is 0 Å². The summed E-state index contributed by atoms with van der Waals surface area (Å²) in [4.78, 5) is 0. The van der Waals surface area contributed by atoms with Gasteiger partial charge in [0, 0.05) is 43.1 Å². The quantitative estimate of drug-likeness (QED) is 0.135. The maximum Gasteiger partial charge on any atom is 0.143 e. The van der Waals surface area contributed by atoms with Gasteiger partial charge in [-0.3, -0.25) is 0 Å². The molecular formula is C130H80O3. The first-order valence-corrected chi connectivity index (χ1v) is 45.7. The molecule has 0 amide bonds. The van der Waals surface area contributed by atoms with Gasteiger partial charge in [0.15, 0.2) is 0 Å². The Balaban J connectivity index is 0.000000106. The van der Waals surface area contributed by atoms with Crippen molar-refractivity contribution in [2.45, 2.75) is 0 Å². The molecule has 0 saturated heterocycles. The van der Waals surface area contributed by atoms with Gasteiger partial charge in [-0.25, -0.2) is 0 Å². The van der Waals surface area contributed by atoms with Crippen LogP contribution in [0.25, 0.3) is 274 Å². The highest BCUT2D eigenvalue weighted by Gasteiger charge is 2.24. The van der Waals surface area contributed by atoms with Gasteiger partial charge in [0.25, 0.3) is 0 Å². The highest BCUT2D eigenvalue weighted by Crippen LogP contribution is 2.51. The zero-order valence-electron chi connectivity index (χ0n) is 72.4. The van der Waals surface area contributed by atoms with E-state index in [4.69, 9.17) is 13.3 Å². The van der Waals surface area contributed by atoms with Crippen LogP contribution in [0.2, 0.25) is 0 Å². The molecule has 133 heavy (non-hydrogen) atoms. The molecule has 0 N–H and O–H groups in total. The second-order valence-electron chi connectivity index (χ2n) is 35.0. The van der Waals surface area contributed by atoms with Crippen LogP contribution >= 0.6 is 0 Å². The van der Waals surface area contributed by atoms with E-state index >= 15 is 0 Å². The fourth-order valence-corrected chi connectivity index (χ4v) is 21.5. The Morgan fingerprint density at radius 3 is 0.759 bits per heavy atom. The topological polar surface area (TPSA) is 39.4 Å². The molecule has 0 fully saturated rings. The molecule has 0 saturated carbocycles. The molecule has 25 aromatic carbocycles. The van der Waals surface area contributed by atoms with E-state index in [1.165, 1.54) is 197 Å². The summed E-state index contributed by atoms with van der Waals surface area (Å²) in [6.45, 7) is 0. The summed E-state index contributed by atoms with van der Waals surface area (Å²) in [7, 11) is 0. The normalized spacial score (nSPS) is 11.8. The van der Waals surface area contributed by atoms with Gasteiger partial charge in [0.05, 0.1) is 0 Å². The van der Waals surface area contributed by atoms with Crippen molar-refractivity contribution in [1.82, 2.24) is 0 Å². The smallest absolute Gasteiger partial charge is 0.143 e. The molecule has 0 spiro atoms. The van der Waals surface area contributed by atoms with Gasteiger partial charge in [-0.1, -0.05) is 406 Å². The minimum atomic E-state index is 0.910. The number of rotatable bonds is 9. The fraction of sp³-hybridized carbons (Fsp3) is 0. The van der Waals surface area contributed by atoms with Crippen LogP contribution < -0.4 is 0 Å². The summed E-state index contributed by atoms with van der Waals surface area (Å²) in [5.74, 6) is 0. The summed E-state index contributed by atoms with van der Waals surface area (Å²) < 4.78 is 19.1. The van der Waals surface area contributed by atoms with Crippen molar-refractivity contribution in [1.29, 1.82) is 0 Å². The van der Waals surface area contributed by atoms with Crippen molar-refractivity contribution < 1.29 is 13.3 Å². The van der Waals surface area contributed by atoms with Crippen molar-refractivity contribution in [3.63, 3.8) is 0 Å². The Morgan fingerprint density at radius 2 is 0.353 bits per heavy atom. The summed E-state index contributed by atoms with van der Waals surface area (Å²) in [5.41, 5.74) is 27.7. The monoisotopic (exact) mass is 1690 g/mol. The molecule has 3 nitrogen and oxygen atoms in total. The lowest BCUT2D eigenvalue weighted by Gasteiger charge is -2.19. The molecule has 3 aromatic heterocycles. The fourth-order valence-electron chi connectivity index (χ4n) is 21.5. The van der Waals surface area contributed by atoms with Crippen LogP contribution in [0.3, 0.4) is 0 Å². The predicted molar refractivity (Wildman–Crippen MR) is 565 cm³/mol. The first-order valence-electron chi connectivity index (χ1n) is 45.7. The molecule has 3 heterocycles. The molecule has 0 aliphatic heterocycles. The molecule has 0 atom stereocenters. The molecular weight excluding hydrogens is 1610 g/mol. The van der Waals surface area contributed by atoms with Crippen LogP contribution in [-0.4, -0.2) is 0 Å². The lowest BCUT2D eigenvalue weighted by molar-refractivity contribution is 0.669. The molecule has 0 bridgehead atoms. The summed E-state index contributed by atoms with van der Waals surface area (Å²) >= 11 is 0. The number of benzene rings is 25. The van der Waals surface area contributed by atoms with Crippen LogP contribution in [0, 0.1) is 0 Å². The molecule has 0 aliphatic carbocycles. The van der Waals surface area contributed by atoms with Crippen molar-refractivity contribution in [3.8, 4) is 100 Å². The van der Waals surface area contributed by atoms with Crippen molar-refractivity contribution >= 4 is 174 Å². The Labute approximate surface area is 766 Å². The molecule has 3 heteroatoms. The Kier molecular flexibility index (Phi) is 18.3. The first-order chi connectivity index (χ1) is 66.0. The van der Waals surface area contributed by atoms with Gasteiger partial charge in [-0.15, -0.1) is 0 Å². The third-order valence-electron chi connectivity index (χ3n) is 27.5. The second kappa shape index (κ2) is 31.8. The van der Waals surface area contributed by atoms with Crippen molar-refractivity contribution in [3.05, 3.63) is 485 Å². The van der Waals surface area contributed by atoms with E-state index in [-0.39, 0.29) is 0 Å². The second-order valence-corrected chi connectivity index (χ2v) is 35.0. The van der Waals surface area contributed by atoms with Crippen LogP contribution in [-0.2, 0) is 0 Å². The number of furan rings is 3. The molecule has 0 aliphatic rings. The average molecular weight is 1690 g/mol. The Morgan fingerprint density at radius 1 is 0.105 bits per heavy atom. The summed E-state index contributed by atoms with van der Waals surface area (Å²) in [6.07, 6.45) is 0. The van der Waals surface area contributed by atoms with E-state index in [0.717, 1.165) is 76.6 Å². The van der Waals surface area contributed by atoms with E-state index in [1.807, 2.05) is 0 Å². The standard InChI is InChI=1S/C52H32O.C42H26O.C36H22O/c1-2-14-36-32-50-48(30-35(36)13-1)47-31-37(26-27-49(47)53-50)34-16-9-18-39(28-34)51-43-21-5-7-23-45(43)52(46-24-8-6-22-44(46)51)40-19-10-17-38(29-40)42-25-11-15-33-12-3-4-20-41(33)42;1-2-12-28(13-3-1)40-33-17-6-8-19-35(33)41(36-20-9-7-18-34(36)40)31-15-10-14-29(25-31)30-22-24-39-38(26-30)37-23-21-27-11-4-5-16-32(27)42(37)43-39;1-2-11-24(12-3-1)34-27-14-6-8-16-29(27)35(30-17-9-7-15-28(30)34)25-19-21-33-32(22-25)31-20-18-23-10-4-5-13-26(23)36(31)37-33/h1-32H;1-26H;1-22H. The first kappa shape index (κ1) is 76.7. The minimum Gasteiger partial charge on any atom is -0.456 e. The highest BCUT2D eigenvalue weighted by molar-refractivity contribution is 6.27. The molecule has 28 aromatic rings. The zero-order valence-corrected chi connectivity index (χ0v) is 72.4. The molecule has 0 radical (unpaired) electrons. The molecule has 0 unspecified atom stereocenters. The maximum absolute atomic E-state index is 6.41. The molecule has 618 valence electrons. The lowest BCUT2D eigenvalue weighted by Crippen LogP contribution is -1.91. The van der Waals surface area contributed by atoms with Gasteiger partial charge in [-0.2, -0.15) is 0 Å². The van der Waals surface area contributed by atoms with Crippen LogP contribution in [0.1, 0.15) is 0 Å². The summed E-state index contributed by atoms with van der Waals surface area (Å²) in [5, 5.41) is 31.6. The Bertz CT molecular complexity index is 9420. The third kappa shape index (κ3) is 13.0. The van der Waals surface area contributed by atoms with E-state index in [0.29, 0.717) is 0 Å². The van der Waals surface area contributed by atoms with E-state index in [2.05, 4.69) is 485 Å². The van der Waals surface area contributed by atoms with E-state index < -0.39 is 0 Å². The third-order valence-corrected chi connectivity index (χ3v) is 27.5. The largest absolute Gasteiger partial charge is 0.456 e. The van der Waals surface area contributed by atoms with Crippen molar-refractivity contribution in [2.24, 2.45) is 0 Å². The lowest BCUT2D eigenvalue weighted by atomic mass is 9.85. The highest BCUT2D eigenvalue weighted by atomic mass is 16.3. The van der Waals surface area contributed by atoms with Crippen LogP contribution in [0.15, 0.2) is 499 Å². The number of hydrogen-bond donors (Lipinski definition) is 0. The average Bonchev–Trinajstić information content (AvgIpc) is 1.69. The van der Waals surface area contributed by atoms with Gasteiger partial charge in [0.1, 0.15) is 33.5 Å².